The van der Waals surface area contributed by atoms with Gasteiger partial charge in [-0.2, -0.15) is 5.10 Å². The average molecular weight is 241 g/mol. The molecule has 2 N–H and O–H groups in total. The van der Waals surface area contributed by atoms with Crippen molar-refractivity contribution in [3.63, 3.8) is 0 Å². The zero-order valence-electron chi connectivity index (χ0n) is 10.9. The molecule has 0 unspecified atom stereocenters. The normalized spacial score (nSPS) is 11.4. The van der Waals surface area contributed by atoms with Crippen LogP contribution in [0.5, 0.6) is 0 Å². The number of aromatic nitrogens is 2. The van der Waals surface area contributed by atoms with Gasteiger partial charge in [0.25, 0.3) is 0 Å². The number of rotatable bonds is 8. The van der Waals surface area contributed by atoms with Crippen molar-refractivity contribution in [3.8, 4) is 0 Å². The number of ether oxygens (including phenoxy) is 1. The Labute approximate surface area is 103 Å². The Morgan fingerprint density at radius 2 is 2.24 bits per heavy atom. The number of hydrogen-bond donors (Lipinski definition) is 2. The smallest absolute Gasteiger partial charge is 0.0698 e. The first kappa shape index (κ1) is 14.2. The molecule has 0 saturated heterocycles. The van der Waals surface area contributed by atoms with Crippen LogP contribution >= 0.6 is 0 Å². The Morgan fingerprint density at radius 3 is 2.88 bits per heavy atom. The zero-order chi connectivity index (χ0) is 12.7. The van der Waals surface area contributed by atoms with Gasteiger partial charge < -0.3 is 15.2 Å². The van der Waals surface area contributed by atoms with Crippen LogP contribution in [0, 0.1) is 0 Å². The van der Waals surface area contributed by atoms with E-state index in [0.717, 1.165) is 18.8 Å². The number of nitrogens with one attached hydrogen (secondary N) is 1. The van der Waals surface area contributed by atoms with Gasteiger partial charge in [-0.15, -0.1) is 0 Å². The van der Waals surface area contributed by atoms with Crippen LogP contribution in [-0.4, -0.2) is 41.3 Å². The first-order valence-electron chi connectivity index (χ1n) is 6.07. The van der Waals surface area contributed by atoms with Gasteiger partial charge in [-0.3, -0.25) is 4.68 Å². The van der Waals surface area contributed by atoms with Crippen molar-refractivity contribution in [1.29, 1.82) is 0 Å². The lowest BCUT2D eigenvalue weighted by molar-refractivity contribution is 0.0938. The van der Waals surface area contributed by atoms with Crippen LogP contribution in [0.4, 0.5) is 0 Å². The second-order valence-electron chi connectivity index (χ2n) is 4.38. The van der Waals surface area contributed by atoms with Crippen LogP contribution < -0.4 is 5.32 Å². The largest absolute Gasteiger partial charge is 0.394 e. The fourth-order valence-electron chi connectivity index (χ4n) is 1.71. The van der Waals surface area contributed by atoms with Gasteiger partial charge in [0.15, 0.2) is 0 Å². The van der Waals surface area contributed by atoms with E-state index in [4.69, 9.17) is 9.84 Å². The summed E-state index contributed by atoms with van der Waals surface area (Å²) in [6, 6.07) is 0. The van der Waals surface area contributed by atoms with Gasteiger partial charge in [-0.05, 0) is 5.92 Å². The highest BCUT2D eigenvalue weighted by molar-refractivity contribution is 5.19. The highest BCUT2D eigenvalue weighted by Crippen LogP contribution is 2.16. The summed E-state index contributed by atoms with van der Waals surface area (Å²) in [5.74, 6) is 0.443. The van der Waals surface area contributed by atoms with Gasteiger partial charge in [0.1, 0.15) is 0 Å². The van der Waals surface area contributed by atoms with Gasteiger partial charge in [-0.1, -0.05) is 13.8 Å². The van der Waals surface area contributed by atoms with Crippen LogP contribution in [0.15, 0.2) is 6.20 Å². The fraction of sp³-hybridized carbons (Fsp3) is 0.750. The quantitative estimate of drug-likeness (QED) is 0.656. The Morgan fingerprint density at radius 1 is 1.47 bits per heavy atom. The molecule has 0 atom stereocenters. The molecule has 1 rings (SSSR count). The summed E-state index contributed by atoms with van der Waals surface area (Å²) < 4.78 is 7.03. The summed E-state index contributed by atoms with van der Waals surface area (Å²) in [6.45, 7) is 7.01. The van der Waals surface area contributed by atoms with E-state index >= 15 is 0 Å². The maximum absolute atomic E-state index is 8.54. The Kier molecular flexibility index (Phi) is 6.18. The molecule has 1 aromatic heterocycles. The topological polar surface area (TPSA) is 59.3 Å². The fourth-order valence-corrected chi connectivity index (χ4v) is 1.71. The van der Waals surface area contributed by atoms with Gasteiger partial charge in [0.2, 0.25) is 0 Å². The minimum absolute atomic E-state index is 0.0834. The van der Waals surface area contributed by atoms with E-state index in [1.165, 1.54) is 5.56 Å². The summed E-state index contributed by atoms with van der Waals surface area (Å²) in [5.41, 5.74) is 2.39. The maximum Gasteiger partial charge on any atom is 0.0698 e. The third-order valence-electron chi connectivity index (χ3n) is 2.46. The predicted molar refractivity (Wildman–Crippen MR) is 66.9 cm³/mol. The van der Waals surface area contributed by atoms with Crippen molar-refractivity contribution in [1.82, 2.24) is 15.1 Å². The molecule has 17 heavy (non-hydrogen) atoms. The summed E-state index contributed by atoms with van der Waals surface area (Å²) in [5, 5.41) is 16.3. The predicted octanol–water partition coefficient (Wildman–Crippen LogP) is 0.642. The minimum Gasteiger partial charge on any atom is -0.394 e. The minimum atomic E-state index is 0.0834. The molecule has 98 valence electrons. The van der Waals surface area contributed by atoms with Crippen molar-refractivity contribution in [2.75, 3.05) is 26.4 Å². The lowest BCUT2D eigenvalue weighted by Gasteiger charge is -2.07. The molecule has 0 aliphatic carbocycles. The third-order valence-corrected chi connectivity index (χ3v) is 2.46. The second kappa shape index (κ2) is 7.42. The molecule has 0 radical (unpaired) electrons. The SMILES string of the molecule is CC(C)c1nn(C)cc1CNCCOCCO. The average Bonchev–Trinajstić information content (AvgIpc) is 2.65. The van der Waals surface area contributed by atoms with E-state index in [9.17, 15) is 0 Å². The molecular formula is C12H23N3O2. The Bertz CT molecular complexity index is 324. The number of aryl methyl sites for hydroxylation is 1. The number of aliphatic hydroxyl groups excluding tert-OH is 1. The van der Waals surface area contributed by atoms with Crippen molar-refractivity contribution in [3.05, 3.63) is 17.5 Å². The number of nitrogens with zero attached hydrogens (tertiary/aromatic N) is 2. The van der Waals surface area contributed by atoms with Crippen molar-refractivity contribution < 1.29 is 9.84 Å². The van der Waals surface area contributed by atoms with E-state index in [0.29, 0.717) is 19.1 Å². The van der Waals surface area contributed by atoms with Gasteiger partial charge >= 0.3 is 0 Å². The lowest BCUT2D eigenvalue weighted by Crippen LogP contribution is -2.20. The molecule has 1 aromatic rings. The molecule has 1 heterocycles. The van der Waals surface area contributed by atoms with Crippen LogP contribution in [0.3, 0.4) is 0 Å². The molecule has 5 nitrogen and oxygen atoms in total. The highest BCUT2D eigenvalue weighted by Gasteiger charge is 2.10. The molecular weight excluding hydrogens is 218 g/mol. The zero-order valence-corrected chi connectivity index (χ0v) is 10.9. The molecule has 5 heteroatoms. The molecule has 0 aliphatic rings. The van der Waals surface area contributed by atoms with Gasteiger partial charge in [0.05, 0.1) is 25.5 Å². The lowest BCUT2D eigenvalue weighted by atomic mass is 10.1. The van der Waals surface area contributed by atoms with E-state index in [1.54, 1.807) is 0 Å². The van der Waals surface area contributed by atoms with Crippen LogP contribution in [-0.2, 0) is 18.3 Å². The first-order chi connectivity index (χ1) is 8.15. The molecule has 0 amide bonds. The molecule has 0 bridgehead atoms. The third kappa shape index (κ3) is 4.85. The van der Waals surface area contributed by atoms with E-state index in [2.05, 4.69) is 30.5 Å². The molecule has 0 fully saturated rings. The van der Waals surface area contributed by atoms with Crippen LogP contribution in [0.25, 0.3) is 0 Å². The maximum atomic E-state index is 8.54. The summed E-state index contributed by atoms with van der Waals surface area (Å²) in [7, 11) is 1.94. The van der Waals surface area contributed by atoms with E-state index < -0.39 is 0 Å². The van der Waals surface area contributed by atoms with Crippen molar-refractivity contribution in [2.24, 2.45) is 7.05 Å². The summed E-state index contributed by atoms with van der Waals surface area (Å²) >= 11 is 0. The number of hydrogen-bond acceptors (Lipinski definition) is 4. The first-order valence-corrected chi connectivity index (χ1v) is 6.07. The van der Waals surface area contributed by atoms with E-state index in [1.807, 2.05) is 11.7 Å². The van der Waals surface area contributed by atoms with E-state index in [-0.39, 0.29) is 6.61 Å². The van der Waals surface area contributed by atoms with Crippen LogP contribution in [0.2, 0.25) is 0 Å². The second-order valence-corrected chi connectivity index (χ2v) is 4.38. The number of aliphatic hydroxyl groups is 1. The standard InChI is InChI=1S/C12H23N3O2/c1-10(2)12-11(9-15(3)14-12)8-13-4-6-17-7-5-16/h9-10,13,16H,4-8H2,1-3H3. The van der Waals surface area contributed by atoms with Crippen LogP contribution in [0.1, 0.15) is 31.0 Å². The van der Waals surface area contributed by atoms with Gasteiger partial charge in [0, 0.05) is 31.9 Å². The Hall–Kier alpha value is -0.910. The monoisotopic (exact) mass is 241 g/mol. The molecule has 0 spiro atoms. The summed E-state index contributed by atoms with van der Waals surface area (Å²) in [4.78, 5) is 0. The highest BCUT2D eigenvalue weighted by atomic mass is 16.5. The summed E-state index contributed by atoms with van der Waals surface area (Å²) in [6.07, 6.45) is 2.05. The van der Waals surface area contributed by atoms with Gasteiger partial charge in [-0.25, -0.2) is 0 Å². The molecule has 0 aliphatic heterocycles. The van der Waals surface area contributed by atoms with Crippen molar-refractivity contribution in [2.45, 2.75) is 26.3 Å². The molecule has 0 aromatic carbocycles. The Balaban J connectivity index is 2.31. The molecule has 0 saturated carbocycles. The van der Waals surface area contributed by atoms with Crippen molar-refractivity contribution >= 4 is 0 Å².